The second kappa shape index (κ2) is 23.3. The van der Waals surface area contributed by atoms with Crippen LogP contribution in [0.25, 0.3) is 0 Å². The Bertz CT molecular complexity index is 2040. The summed E-state index contributed by atoms with van der Waals surface area (Å²) in [5.41, 5.74) is 6.35. The molecule has 0 aliphatic carbocycles. The topological polar surface area (TPSA) is 125 Å². The fraction of sp³-hybridized carbons (Fsp3) is 0.647. The first-order valence-corrected chi connectivity index (χ1v) is 25.0. The highest BCUT2D eigenvalue weighted by Gasteiger charge is 2.41. The summed E-state index contributed by atoms with van der Waals surface area (Å²) in [7, 11) is 3.00. The largest absolute Gasteiger partial charge is 0.493 e. The molecule has 0 aromatic heterocycles. The molecule has 2 saturated heterocycles. The monoisotopic (exact) mass is 909 g/mol. The molecule has 1 N–H and O–H groups in total. The lowest BCUT2D eigenvalue weighted by Gasteiger charge is -2.47. The molecule has 6 atom stereocenters. The van der Waals surface area contributed by atoms with Gasteiger partial charge in [0.25, 0.3) is 10.1 Å². The molecule has 64 heavy (non-hydrogen) atoms. The number of aliphatic hydroxyl groups excluding tert-OH is 1. The zero-order chi connectivity index (χ0) is 46.0. The van der Waals surface area contributed by atoms with Crippen LogP contribution in [0.4, 0.5) is 0 Å². The van der Waals surface area contributed by atoms with Gasteiger partial charge in [0.15, 0.2) is 23.0 Å². The summed E-state index contributed by atoms with van der Waals surface area (Å²) >= 11 is 0. The van der Waals surface area contributed by atoms with Crippen LogP contribution >= 0.6 is 0 Å². The number of methoxy groups -OCH3 is 4. The Labute approximate surface area is 384 Å². The SMILES string of the molecule is COc1cc2c(cc1OC)[C@H]1C[C@@H](OCCCO)[C@H](CC(C)C)CN1CC2.COc1cc2c(cc1OC)[C@H]1C[C@@H](OCCCOS(=O)(=O)c3ccc(C)cc3)[C@H](CC(C)C)CN1CC2. The quantitative estimate of drug-likeness (QED) is 0.0915. The maximum Gasteiger partial charge on any atom is 0.296 e. The van der Waals surface area contributed by atoms with E-state index < -0.39 is 10.1 Å². The Hall–Kier alpha value is -3.43. The number of aliphatic hydroxyl groups is 1. The highest BCUT2D eigenvalue weighted by Crippen LogP contribution is 2.46. The van der Waals surface area contributed by atoms with Crippen molar-refractivity contribution in [3.63, 3.8) is 0 Å². The second-order valence-electron chi connectivity index (χ2n) is 18.9. The predicted molar refractivity (Wildman–Crippen MR) is 250 cm³/mol. The summed E-state index contributed by atoms with van der Waals surface area (Å²) in [6, 6.07) is 15.9. The maximum absolute atomic E-state index is 12.5. The zero-order valence-corrected chi connectivity index (χ0v) is 40.8. The van der Waals surface area contributed by atoms with Gasteiger partial charge in [0.1, 0.15) is 0 Å². The van der Waals surface area contributed by atoms with Gasteiger partial charge in [-0.25, -0.2) is 0 Å². The van der Waals surface area contributed by atoms with Crippen LogP contribution in [0.15, 0.2) is 53.4 Å². The van der Waals surface area contributed by atoms with Crippen molar-refractivity contribution in [2.75, 3.05) is 81.0 Å². The summed E-state index contributed by atoms with van der Waals surface area (Å²) in [4.78, 5) is 5.41. The summed E-state index contributed by atoms with van der Waals surface area (Å²) < 4.78 is 65.1. The third-order valence-corrected chi connectivity index (χ3v) is 14.8. The van der Waals surface area contributed by atoms with Gasteiger partial charge >= 0.3 is 0 Å². The van der Waals surface area contributed by atoms with Gasteiger partial charge in [0, 0.05) is 58.1 Å². The number of piperidine rings is 2. The van der Waals surface area contributed by atoms with Crippen LogP contribution in [0.3, 0.4) is 0 Å². The number of hydrogen-bond donors (Lipinski definition) is 1. The maximum atomic E-state index is 12.5. The molecule has 0 amide bonds. The van der Waals surface area contributed by atoms with Crippen molar-refractivity contribution in [3.8, 4) is 23.0 Å². The lowest BCUT2D eigenvalue weighted by atomic mass is 9.79. The average molecular weight is 909 g/mol. The molecule has 0 bridgehead atoms. The molecule has 12 nitrogen and oxygen atoms in total. The molecular formula is C51H76N2O10S. The summed E-state index contributed by atoms with van der Waals surface area (Å²) in [6.45, 7) is 16.6. The van der Waals surface area contributed by atoms with Gasteiger partial charge < -0.3 is 33.5 Å². The molecule has 4 heterocycles. The number of ether oxygens (including phenoxy) is 6. The van der Waals surface area contributed by atoms with Crippen molar-refractivity contribution >= 4 is 10.1 Å². The third-order valence-electron chi connectivity index (χ3n) is 13.5. The van der Waals surface area contributed by atoms with E-state index in [1.807, 2.05) is 6.92 Å². The van der Waals surface area contributed by atoms with Gasteiger partial charge in [-0.05, 0) is 141 Å². The third kappa shape index (κ3) is 12.5. The standard InChI is InChI=1S/C29H41NO6S.C22H35NO4/c1-20(2)15-23-19-30-12-11-22-16-28(33-4)29(34-5)17-25(22)26(30)18-27(23)35-13-6-14-36-37(31,32)24-9-7-21(3)8-10-24;1-15(2)10-17-14-23-7-6-16-11-21(25-3)22(26-4)12-18(16)19(23)13-20(17)27-9-5-8-24/h7-10,16-17,20,23,26-27H,6,11-15,18-19H2,1-5H3;11-12,15,17,19-20,24H,5-10,13-14H2,1-4H3/t23-,26-,27-;17-,19-,20-/m11/s1. The average Bonchev–Trinajstić information content (AvgIpc) is 3.28. The molecule has 0 saturated carbocycles. The number of fused-ring (bicyclic) bond motifs is 6. The van der Waals surface area contributed by atoms with Crippen LogP contribution in [0.2, 0.25) is 0 Å². The van der Waals surface area contributed by atoms with Crippen LogP contribution < -0.4 is 18.9 Å². The van der Waals surface area contributed by atoms with E-state index >= 15 is 0 Å². The number of nitrogens with zero attached hydrogens (tertiary/aromatic N) is 2. The number of benzene rings is 3. The van der Waals surface area contributed by atoms with E-state index in [2.05, 4.69) is 61.8 Å². The Balaban J connectivity index is 0.000000223. The highest BCUT2D eigenvalue weighted by molar-refractivity contribution is 7.86. The fourth-order valence-electron chi connectivity index (χ4n) is 10.4. The lowest BCUT2D eigenvalue weighted by Crippen LogP contribution is -2.49. The van der Waals surface area contributed by atoms with E-state index in [9.17, 15) is 8.42 Å². The Morgan fingerprint density at radius 3 is 1.50 bits per heavy atom. The predicted octanol–water partition coefficient (Wildman–Crippen LogP) is 8.59. The molecule has 0 radical (unpaired) electrons. The van der Waals surface area contributed by atoms with E-state index in [4.69, 9.17) is 37.7 Å². The molecule has 4 aliphatic rings. The summed E-state index contributed by atoms with van der Waals surface area (Å²) in [5, 5.41) is 9.12. The van der Waals surface area contributed by atoms with Gasteiger partial charge in [0.05, 0.1) is 52.1 Å². The summed E-state index contributed by atoms with van der Waals surface area (Å²) in [6.07, 6.45) is 7.84. The van der Waals surface area contributed by atoms with Crippen molar-refractivity contribution in [3.05, 3.63) is 76.3 Å². The Kier molecular flexibility index (Phi) is 18.2. The van der Waals surface area contributed by atoms with Gasteiger partial charge in [-0.2, -0.15) is 8.42 Å². The van der Waals surface area contributed by atoms with Crippen molar-refractivity contribution < 1.29 is 46.1 Å². The van der Waals surface area contributed by atoms with Crippen LogP contribution in [0, 0.1) is 30.6 Å². The van der Waals surface area contributed by atoms with E-state index in [1.165, 1.54) is 28.7 Å². The first-order chi connectivity index (χ1) is 30.8. The van der Waals surface area contributed by atoms with Gasteiger partial charge in [-0.3, -0.25) is 14.0 Å². The summed E-state index contributed by atoms with van der Waals surface area (Å²) in [5.74, 6) is 5.40. The molecule has 0 unspecified atom stereocenters. The minimum Gasteiger partial charge on any atom is -0.493 e. The molecule has 7 rings (SSSR count). The normalized spacial score (nSPS) is 23.3. The molecule has 13 heteroatoms. The highest BCUT2D eigenvalue weighted by atomic mass is 32.2. The minimum absolute atomic E-state index is 0.104. The van der Waals surface area contributed by atoms with Crippen molar-refractivity contribution in [1.82, 2.24) is 9.80 Å². The molecule has 3 aromatic rings. The minimum atomic E-state index is -3.76. The smallest absolute Gasteiger partial charge is 0.296 e. The Morgan fingerprint density at radius 2 is 1.08 bits per heavy atom. The number of hydrogen-bond acceptors (Lipinski definition) is 12. The van der Waals surface area contributed by atoms with Gasteiger partial charge in [-0.1, -0.05) is 45.4 Å². The van der Waals surface area contributed by atoms with E-state index in [0.29, 0.717) is 55.8 Å². The molecular weight excluding hydrogens is 833 g/mol. The first kappa shape index (κ1) is 50.0. The molecule has 4 aliphatic heterocycles. The van der Waals surface area contributed by atoms with E-state index in [1.54, 1.807) is 52.7 Å². The Morgan fingerprint density at radius 1 is 0.641 bits per heavy atom. The molecule has 2 fully saturated rings. The van der Waals surface area contributed by atoms with E-state index in [-0.39, 0.29) is 36.4 Å². The van der Waals surface area contributed by atoms with Crippen LogP contribution in [-0.4, -0.2) is 117 Å². The molecule has 3 aromatic carbocycles. The van der Waals surface area contributed by atoms with Crippen LogP contribution in [0.5, 0.6) is 23.0 Å². The lowest BCUT2D eigenvalue weighted by molar-refractivity contribution is -0.0662. The van der Waals surface area contributed by atoms with Crippen molar-refractivity contribution in [1.29, 1.82) is 0 Å². The fourth-order valence-corrected chi connectivity index (χ4v) is 11.4. The number of rotatable bonds is 19. The second-order valence-corrected chi connectivity index (χ2v) is 20.5. The zero-order valence-electron chi connectivity index (χ0n) is 40.0. The van der Waals surface area contributed by atoms with Crippen molar-refractivity contribution in [2.24, 2.45) is 23.7 Å². The van der Waals surface area contributed by atoms with Gasteiger partial charge in [-0.15, -0.1) is 0 Å². The van der Waals surface area contributed by atoms with Crippen LogP contribution in [0.1, 0.15) is 106 Å². The molecule has 356 valence electrons. The number of aryl methyl sites for hydroxylation is 1. The van der Waals surface area contributed by atoms with Crippen molar-refractivity contribution in [2.45, 2.75) is 115 Å². The van der Waals surface area contributed by atoms with E-state index in [0.717, 1.165) is 86.8 Å². The first-order valence-electron chi connectivity index (χ1n) is 23.6. The van der Waals surface area contributed by atoms with Crippen LogP contribution in [-0.2, 0) is 36.6 Å². The molecule has 0 spiro atoms. The van der Waals surface area contributed by atoms with Gasteiger partial charge in [0.2, 0.25) is 0 Å².